The Kier molecular flexibility index (Phi) is 7.12. The number of aromatic nitrogens is 3. The van der Waals surface area contributed by atoms with E-state index in [4.69, 9.17) is 10.8 Å². The number of fused-ring (bicyclic) bond motifs is 1. The first-order valence-electron chi connectivity index (χ1n) is 11.5. The highest BCUT2D eigenvalue weighted by Crippen LogP contribution is 2.27. The van der Waals surface area contributed by atoms with Crippen molar-refractivity contribution in [1.29, 1.82) is 0 Å². The predicted octanol–water partition coefficient (Wildman–Crippen LogP) is 5.14. The first-order valence-corrected chi connectivity index (χ1v) is 12.3. The molecule has 0 radical (unpaired) electrons. The molecule has 176 valence electrons. The lowest BCUT2D eigenvalue weighted by molar-refractivity contribution is -0.131. The maximum absolute atomic E-state index is 13.3. The van der Waals surface area contributed by atoms with E-state index in [-0.39, 0.29) is 12.5 Å². The Morgan fingerprint density at radius 2 is 1.91 bits per heavy atom. The molecule has 1 aliphatic heterocycles. The fourth-order valence-corrected chi connectivity index (χ4v) is 4.94. The topological polar surface area (TPSA) is 77.0 Å². The number of allylic oxidation sites excluding steroid dienone is 5. The molecule has 7 heteroatoms. The molecule has 0 fully saturated rings. The van der Waals surface area contributed by atoms with E-state index >= 15 is 0 Å². The highest BCUT2D eigenvalue weighted by Gasteiger charge is 2.23. The summed E-state index contributed by atoms with van der Waals surface area (Å²) >= 11 is 1.53. The van der Waals surface area contributed by atoms with Crippen LogP contribution in [-0.4, -0.2) is 38.7 Å². The van der Waals surface area contributed by atoms with E-state index in [9.17, 15) is 4.79 Å². The second-order valence-corrected chi connectivity index (χ2v) is 9.68. The summed E-state index contributed by atoms with van der Waals surface area (Å²) in [4.78, 5) is 20.8. The van der Waals surface area contributed by atoms with Crippen molar-refractivity contribution in [3.8, 4) is 11.3 Å². The molecular formula is C27H31N5OS. The maximum Gasteiger partial charge on any atom is 0.244 e. The summed E-state index contributed by atoms with van der Waals surface area (Å²) in [7, 11) is 0. The number of thiazole rings is 1. The lowest BCUT2D eigenvalue weighted by Gasteiger charge is -2.20. The van der Waals surface area contributed by atoms with Crippen molar-refractivity contribution in [2.24, 2.45) is 0 Å². The number of hydrogen-bond donors (Lipinski definition) is 1. The Morgan fingerprint density at radius 3 is 2.65 bits per heavy atom. The van der Waals surface area contributed by atoms with Crippen LogP contribution in [-0.2, 0) is 24.2 Å². The Hall–Kier alpha value is -3.45. The Bertz CT molecular complexity index is 1240. The summed E-state index contributed by atoms with van der Waals surface area (Å²) in [6.45, 7) is 11.9. The van der Waals surface area contributed by atoms with Gasteiger partial charge in [-0.15, -0.1) is 11.3 Å². The fraction of sp³-hybridized carbons (Fsp3) is 0.296. The van der Waals surface area contributed by atoms with Gasteiger partial charge in [0, 0.05) is 30.8 Å². The van der Waals surface area contributed by atoms with Crippen molar-refractivity contribution < 1.29 is 4.79 Å². The molecule has 1 aromatic carbocycles. The number of nitrogens with zero attached hydrogens (tertiary/aromatic N) is 4. The third kappa shape index (κ3) is 5.20. The van der Waals surface area contributed by atoms with Crippen molar-refractivity contribution in [1.82, 2.24) is 19.7 Å². The minimum absolute atomic E-state index is 0.0528. The highest BCUT2D eigenvalue weighted by molar-refractivity contribution is 7.15. The standard InChI is InChI=1S/C27H31N5OS/c1-5-18(2)19(3)15-20(4)23-16-24(21-9-7-6-8-10-21)32(30-23)17-26(33)31-13-11-22-25(12-14-31)34-27(28)29-22/h5-10,15-16H,4,11-14,17H2,1-3H3,(H2,28,29)/b18-5-,19-15-. The van der Waals surface area contributed by atoms with Crippen molar-refractivity contribution in [2.75, 3.05) is 18.8 Å². The van der Waals surface area contributed by atoms with Gasteiger partial charge in [-0.3, -0.25) is 9.48 Å². The van der Waals surface area contributed by atoms with Gasteiger partial charge < -0.3 is 10.6 Å². The summed E-state index contributed by atoms with van der Waals surface area (Å²) in [5.41, 5.74) is 12.7. The van der Waals surface area contributed by atoms with Crippen molar-refractivity contribution in [3.63, 3.8) is 0 Å². The van der Waals surface area contributed by atoms with Crippen LogP contribution in [0, 0.1) is 0 Å². The van der Waals surface area contributed by atoms with Gasteiger partial charge in [-0.05, 0) is 43.5 Å². The van der Waals surface area contributed by atoms with Gasteiger partial charge in [0.25, 0.3) is 0 Å². The van der Waals surface area contributed by atoms with Crippen LogP contribution in [0.4, 0.5) is 5.13 Å². The molecular weight excluding hydrogens is 442 g/mol. The van der Waals surface area contributed by atoms with Crippen LogP contribution in [0.25, 0.3) is 16.8 Å². The van der Waals surface area contributed by atoms with Gasteiger partial charge in [0.2, 0.25) is 5.91 Å². The zero-order valence-corrected chi connectivity index (χ0v) is 20.9. The van der Waals surface area contributed by atoms with Gasteiger partial charge in [0.05, 0.1) is 17.1 Å². The van der Waals surface area contributed by atoms with Crippen LogP contribution in [0.3, 0.4) is 0 Å². The second kappa shape index (κ2) is 10.2. The third-order valence-corrected chi connectivity index (χ3v) is 7.27. The SMILES string of the molecule is C=C(/C=C(C)\C(C)=C/C)c1cc(-c2ccccc2)n(CC(=O)N2CCc3nc(N)sc3CC2)n1. The Labute approximate surface area is 205 Å². The molecule has 6 nitrogen and oxygen atoms in total. The van der Waals surface area contributed by atoms with Crippen LogP contribution in [0.2, 0.25) is 0 Å². The molecule has 0 spiro atoms. The van der Waals surface area contributed by atoms with Gasteiger partial charge in [-0.1, -0.05) is 54.6 Å². The van der Waals surface area contributed by atoms with E-state index in [1.165, 1.54) is 21.8 Å². The van der Waals surface area contributed by atoms with Crippen LogP contribution in [0.15, 0.2) is 66.3 Å². The summed E-state index contributed by atoms with van der Waals surface area (Å²) in [5.74, 6) is 0.0528. The number of amides is 1. The molecule has 2 aromatic heterocycles. The molecule has 3 heterocycles. The Morgan fingerprint density at radius 1 is 1.18 bits per heavy atom. The number of nitrogen functional groups attached to an aromatic ring is 1. The molecule has 34 heavy (non-hydrogen) atoms. The minimum atomic E-state index is 0.0528. The molecule has 0 saturated carbocycles. The second-order valence-electron chi connectivity index (χ2n) is 8.57. The summed E-state index contributed by atoms with van der Waals surface area (Å²) in [6, 6.07) is 12.1. The van der Waals surface area contributed by atoms with E-state index in [0.717, 1.165) is 46.6 Å². The molecule has 1 aliphatic rings. The monoisotopic (exact) mass is 473 g/mol. The van der Waals surface area contributed by atoms with Crippen LogP contribution in [0.5, 0.6) is 0 Å². The highest BCUT2D eigenvalue weighted by atomic mass is 32.1. The first kappa shape index (κ1) is 23.7. The number of anilines is 1. The lowest BCUT2D eigenvalue weighted by atomic mass is 10.0. The van der Waals surface area contributed by atoms with Gasteiger partial charge in [0.15, 0.2) is 5.13 Å². The van der Waals surface area contributed by atoms with Gasteiger partial charge in [-0.2, -0.15) is 5.10 Å². The molecule has 1 amide bonds. The minimum Gasteiger partial charge on any atom is -0.375 e. The summed E-state index contributed by atoms with van der Waals surface area (Å²) < 4.78 is 1.81. The Balaban J connectivity index is 1.58. The smallest absolute Gasteiger partial charge is 0.244 e. The number of rotatable bonds is 6. The van der Waals surface area contributed by atoms with E-state index < -0.39 is 0 Å². The van der Waals surface area contributed by atoms with E-state index in [1.54, 1.807) is 4.68 Å². The van der Waals surface area contributed by atoms with Gasteiger partial charge in [-0.25, -0.2) is 4.98 Å². The molecule has 0 bridgehead atoms. The van der Waals surface area contributed by atoms with E-state index in [1.807, 2.05) is 54.3 Å². The maximum atomic E-state index is 13.3. The summed E-state index contributed by atoms with van der Waals surface area (Å²) in [5, 5.41) is 5.41. The predicted molar refractivity (Wildman–Crippen MR) is 140 cm³/mol. The van der Waals surface area contributed by atoms with Crippen molar-refractivity contribution in [2.45, 2.75) is 40.2 Å². The zero-order chi connectivity index (χ0) is 24.2. The molecule has 2 N–H and O–H groups in total. The normalized spacial score (nSPS) is 14.6. The fourth-order valence-electron chi connectivity index (χ4n) is 4.07. The largest absolute Gasteiger partial charge is 0.375 e. The third-order valence-electron chi connectivity index (χ3n) is 6.28. The number of benzene rings is 1. The van der Waals surface area contributed by atoms with Crippen molar-refractivity contribution >= 4 is 27.9 Å². The zero-order valence-electron chi connectivity index (χ0n) is 20.0. The molecule has 4 rings (SSSR count). The number of carbonyl (C=O) groups excluding carboxylic acids is 1. The van der Waals surface area contributed by atoms with Gasteiger partial charge >= 0.3 is 0 Å². The van der Waals surface area contributed by atoms with Crippen LogP contribution < -0.4 is 5.73 Å². The molecule has 0 unspecified atom stereocenters. The first-order chi connectivity index (χ1) is 16.4. The average Bonchev–Trinajstić information content (AvgIpc) is 3.36. The number of hydrogen-bond acceptors (Lipinski definition) is 5. The van der Waals surface area contributed by atoms with Crippen molar-refractivity contribution in [3.05, 3.63) is 82.5 Å². The van der Waals surface area contributed by atoms with E-state index in [2.05, 4.69) is 31.5 Å². The summed E-state index contributed by atoms with van der Waals surface area (Å²) in [6.07, 6.45) is 5.65. The quantitative estimate of drug-likeness (QED) is 0.503. The van der Waals surface area contributed by atoms with E-state index in [0.29, 0.717) is 18.2 Å². The number of carbonyl (C=O) groups is 1. The average molecular weight is 474 g/mol. The lowest BCUT2D eigenvalue weighted by Crippen LogP contribution is -2.36. The molecule has 0 atom stereocenters. The van der Waals surface area contributed by atoms with Crippen LogP contribution in [0.1, 0.15) is 37.0 Å². The van der Waals surface area contributed by atoms with Crippen LogP contribution >= 0.6 is 11.3 Å². The number of nitrogens with two attached hydrogens (primary N) is 1. The van der Waals surface area contributed by atoms with Gasteiger partial charge in [0.1, 0.15) is 6.54 Å². The molecule has 3 aromatic rings. The molecule has 0 aliphatic carbocycles. The molecule has 0 saturated heterocycles.